The fourth-order valence-electron chi connectivity index (χ4n) is 1.80. The second-order valence-corrected chi connectivity index (χ2v) is 5.29. The molecule has 1 heterocycles. The minimum Gasteiger partial charge on any atom is -0.353 e. The minimum atomic E-state index is 0.0394. The molecule has 1 saturated heterocycles. The van der Waals surface area contributed by atoms with Gasteiger partial charge < -0.3 is 9.47 Å². The highest BCUT2D eigenvalue weighted by molar-refractivity contribution is 14.1. The number of hydrogen-bond acceptors (Lipinski definition) is 2. The van der Waals surface area contributed by atoms with Crippen LogP contribution in [0.3, 0.4) is 0 Å². The lowest BCUT2D eigenvalue weighted by Crippen LogP contribution is -2.23. The van der Waals surface area contributed by atoms with Crippen LogP contribution in [0, 0.1) is 3.57 Å². The highest BCUT2D eigenvalue weighted by Gasteiger charge is 2.13. The van der Waals surface area contributed by atoms with E-state index >= 15 is 0 Å². The van der Waals surface area contributed by atoms with E-state index in [2.05, 4.69) is 46.9 Å². The molecule has 2 rings (SSSR count). The fourth-order valence-corrected chi connectivity index (χ4v) is 2.16. The predicted molar refractivity (Wildman–Crippen MR) is 72.4 cm³/mol. The first-order valence-electron chi connectivity index (χ1n) is 5.82. The zero-order chi connectivity index (χ0) is 11.2. The lowest BCUT2D eigenvalue weighted by molar-refractivity contribution is -0.161. The van der Waals surface area contributed by atoms with Crippen molar-refractivity contribution in [1.29, 1.82) is 0 Å². The molecule has 1 aromatic carbocycles. The number of hydrogen-bond donors (Lipinski definition) is 0. The summed E-state index contributed by atoms with van der Waals surface area (Å²) in [7, 11) is 0. The molecule has 0 bridgehead atoms. The van der Waals surface area contributed by atoms with Gasteiger partial charge in [-0.05, 0) is 66.0 Å². The van der Waals surface area contributed by atoms with Gasteiger partial charge in [-0.25, -0.2) is 0 Å². The van der Waals surface area contributed by atoms with Crippen LogP contribution in [0.2, 0.25) is 0 Å². The van der Waals surface area contributed by atoms with Gasteiger partial charge in [0.25, 0.3) is 0 Å². The first kappa shape index (κ1) is 12.3. The van der Waals surface area contributed by atoms with Gasteiger partial charge in [0.05, 0.1) is 6.61 Å². The minimum absolute atomic E-state index is 0.0394. The van der Waals surface area contributed by atoms with Crippen molar-refractivity contribution in [3.8, 4) is 0 Å². The third-order valence-corrected chi connectivity index (χ3v) is 3.46. The van der Waals surface area contributed by atoms with Gasteiger partial charge >= 0.3 is 0 Å². The summed E-state index contributed by atoms with van der Waals surface area (Å²) in [5.74, 6) is 0. The Morgan fingerprint density at radius 2 is 2.06 bits per heavy atom. The van der Waals surface area contributed by atoms with Crippen LogP contribution < -0.4 is 0 Å². The lowest BCUT2D eigenvalue weighted by atomic mass is 10.2. The van der Waals surface area contributed by atoms with Gasteiger partial charge in [0.15, 0.2) is 6.29 Å². The van der Waals surface area contributed by atoms with Crippen molar-refractivity contribution in [3.63, 3.8) is 0 Å². The summed E-state index contributed by atoms with van der Waals surface area (Å²) in [6.07, 6.45) is 4.46. The van der Waals surface area contributed by atoms with E-state index in [-0.39, 0.29) is 6.29 Å². The van der Waals surface area contributed by atoms with Crippen LogP contribution in [-0.2, 0) is 15.9 Å². The first-order valence-corrected chi connectivity index (χ1v) is 6.90. The smallest absolute Gasteiger partial charge is 0.157 e. The summed E-state index contributed by atoms with van der Waals surface area (Å²) in [6.45, 7) is 1.61. The van der Waals surface area contributed by atoms with Gasteiger partial charge in [0, 0.05) is 10.2 Å². The highest BCUT2D eigenvalue weighted by Crippen LogP contribution is 2.14. The van der Waals surface area contributed by atoms with Crippen LogP contribution >= 0.6 is 22.6 Å². The molecular formula is C13H17IO2. The van der Waals surface area contributed by atoms with Crippen LogP contribution in [0.1, 0.15) is 24.8 Å². The zero-order valence-electron chi connectivity index (χ0n) is 9.32. The summed E-state index contributed by atoms with van der Waals surface area (Å²) >= 11 is 2.32. The molecule has 3 heteroatoms. The quantitative estimate of drug-likeness (QED) is 0.787. The van der Waals surface area contributed by atoms with Gasteiger partial charge in [-0.2, -0.15) is 0 Å². The van der Waals surface area contributed by atoms with Crippen molar-refractivity contribution in [2.75, 3.05) is 13.2 Å². The van der Waals surface area contributed by atoms with Gasteiger partial charge in [-0.3, -0.25) is 0 Å². The van der Waals surface area contributed by atoms with Crippen molar-refractivity contribution >= 4 is 22.6 Å². The first-order chi connectivity index (χ1) is 7.84. The monoisotopic (exact) mass is 332 g/mol. The van der Waals surface area contributed by atoms with E-state index in [4.69, 9.17) is 9.47 Å². The van der Waals surface area contributed by atoms with Crippen LogP contribution in [0.5, 0.6) is 0 Å². The molecule has 2 nitrogen and oxygen atoms in total. The second kappa shape index (κ2) is 6.57. The predicted octanol–water partition coefficient (Wildman–Crippen LogP) is 3.38. The van der Waals surface area contributed by atoms with Gasteiger partial charge in [0.1, 0.15) is 0 Å². The Labute approximate surface area is 110 Å². The third-order valence-electron chi connectivity index (χ3n) is 2.75. The molecule has 0 aromatic heterocycles. The summed E-state index contributed by atoms with van der Waals surface area (Å²) in [5, 5.41) is 0. The largest absolute Gasteiger partial charge is 0.353 e. The highest BCUT2D eigenvalue weighted by atomic mass is 127. The van der Waals surface area contributed by atoms with Crippen molar-refractivity contribution in [2.24, 2.45) is 0 Å². The Kier molecular flexibility index (Phi) is 5.06. The molecule has 1 fully saturated rings. The molecule has 0 radical (unpaired) electrons. The van der Waals surface area contributed by atoms with E-state index in [0.717, 1.165) is 26.1 Å². The van der Waals surface area contributed by atoms with Crippen LogP contribution in [0.25, 0.3) is 0 Å². The summed E-state index contributed by atoms with van der Waals surface area (Å²) in [4.78, 5) is 0. The molecule has 16 heavy (non-hydrogen) atoms. The summed E-state index contributed by atoms with van der Waals surface area (Å²) < 4.78 is 12.5. The fraction of sp³-hybridized carbons (Fsp3) is 0.538. The van der Waals surface area contributed by atoms with E-state index in [9.17, 15) is 0 Å². The van der Waals surface area contributed by atoms with Crippen LogP contribution in [-0.4, -0.2) is 19.5 Å². The van der Waals surface area contributed by atoms with E-state index in [1.54, 1.807) is 0 Å². The lowest BCUT2D eigenvalue weighted by Gasteiger charge is -2.22. The number of rotatable bonds is 4. The Bertz CT molecular complexity index is 304. The van der Waals surface area contributed by atoms with Crippen molar-refractivity contribution in [1.82, 2.24) is 0 Å². The molecule has 0 saturated carbocycles. The Balaban J connectivity index is 1.69. The van der Waals surface area contributed by atoms with Crippen LogP contribution in [0.15, 0.2) is 24.3 Å². The Morgan fingerprint density at radius 1 is 1.25 bits per heavy atom. The van der Waals surface area contributed by atoms with Gasteiger partial charge in [-0.1, -0.05) is 12.1 Å². The average molecular weight is 332 g/mol. The molecule has 1 atom stereocenters. The normalized spacial score (nSPS) is 20.9. The molecule has 1 aliphatic heterocycles. The Morgan fingerprint density at radius 3 is 2.75 bits per heavy atom. The molecule has 0 aliphatic carbocycles. The van der Waals surface area contributed by atoms with Crippen LogP contribution in [0.4, 0.5) is 0 Å². The van der Waals surface area contributed by atoms with Crippen molar-refractivity contribution in [2.45, 2.75) is 32.0 Å². The zero-order valence-corrected chi connectivity index (χ0v) is 11.5. The maximum atomic E-state index is 5.69. The Hall–Kier alpha value is -0.130. The van der Waals surface area contributed by atoms with E-state index in [1.807, 2.05) is 0 Å². The van der Waals surface area contributed by atoms with Gasteiger partial charge in [0.2, 0.25) is 0 Å². The van der Waals surface area contributed by atoms with E-state index in [0.29, 0.717) is 0 Å². The number of ether oxygens (including phenoxy) is 2. The van der Waals surface area contributed by atoms with Gasteiger partial charge in [-0.15, -0.1) is 0 Å². The molecule has 1 aliphatic rings. The molecule has 1 aromatic rings. The summed E-state index contributed by atoms with van der Waals surface area (Å²) in [5.41, 5.74) is 1.33. The molecular weight excluding hydrogens is 315 g/mol. The second-order valence-electron chi connectivity index (χ2n) is 4.04. The number of benzene rings is 1. The standard InChI is InChI=1S/C13H17IO2/c14-12-6-4-11(5-7-12)8-10-16-13-3-1-2-9-15-13/h4-7,13H,1-3,8-10H2. The molecule has 88 valence electrons. The molecule has 1 unspecified atom stereocenters. The average Bonchev–Trinajstić information content (AvgIpc) is 2.33. The van der Waals surface area contributed by atoms with E-state index < -0.39 is 0 Å². The number of halogens is 1. The molecule has 0 amide bonds. The molecule has 0 N–H and O–H groups in total. The molecule has 0 spiro atoms. The third kappa shape index (κ3) is 4.03. The maximum Gasteiger partial charge on any atom is 0.157 e. The maximum absolute atomic E-state index is 5.69. The summed E-state index contributed by atoms with van der Waals surface area (Å²) in [6, 6.07) is 8.58. The van der Waals surface area contributed by atoms with E-state index in [1.165, 1.54) is 22.0 Å². The van der Waals surface area contributed by atoms with Crippen molar-refractivity contribution in [3.05, 3.63) is 33.4 Å². The topological polar surface area (TPSA) is 18.5 Å². The SMILES string of the molecule is Ic1ccc(CCOC2CCCCO2)cc1. The van der Waals surface area contributed by atoms with Crippen molar-refractivity contribution < 1.29 is 9.47 Å².